The van der Waals surface area contributed by atoms with Gasteiger partial charge in [0.05, 0.1) is 5.69 Å². The smallest absolute Gasteiger partial charge is 0.122 e. The molecule has 0 radical (unpaired) electrons. The fraction of sp³-hybridized carbons (Fsp3) is 0.500. The number of hydrogen-bond acceptors (Lipinski definition) is 2. The highest BCUT2D eigenvalue weighted by Gasteiger charge is 2.24. The number of hydrogen-bond donors (Lipinski definition) is 2. The van der Waals surface area contributed by atoms with Crippen LogP contribution in [-0.4, -0.2) is 4.33 Å². The minimum absolute atomic E-state index is 0.608. The molecule has 90 valence electrons. The average molecular weight is 261 g/mol. The van der Waals surface area contributed by atoms with Crippen LogP contribution in [0.2, 0.25) is 0 Å². The van der Waals surface area contributed by atoms with E-state index in [-0.39, 0.29) is 0 Å². The van der Waals surface area contributed by atoms with Crippen molar-refractivity contribution >= 4 is 28.9 Å². The number of hydrazine groups is 1. The Bertz CT molecular complexity index is 327. The van der Waals surface area contributed by atoms with Gasteiger partial charge in [-0.1, -0.05) is 38.0 Å². The number of unbranched alkanes of at least 4 members (excludes halogenated alkanes) is 1. The molecule has 0 heterocycles. The molecule has 0 unspecified atom stereocenters. The van der Waals surface area contributed by atoms with E-state index < -0.39 is 4.33 Å². The Morgan fingerprint density at radius 3 is 2.62 bits per heavy atom. The largest absolute Gasteiger partial charge is 0.324 e. The van der Waals surface area contributed by atoms with Gasteiger partial charge >= 0.3 is 0 Å². The van der Waals surface area contributed by atoms with Crippen molar-refractivity contribution in [2.75, 3.05) is 5.43 Å². The van der Waals surface area contributed by atoms with Crippen molar-refractivity contribution in [2.45, 2.75) is 36.9 Å². The van der Waals surface area contributed by atoms with Gasteiger partial charge in [0.15, 0.2) is 0 Å². The Labute approximate surface area is 107 Å². The minimum atomic E-state index is -0.705. The molecule has 1 rings (SSSR count). The van der Waals surface area contributed by atoms with Crippen LogP contribution < -0.4 is 11.3 Å². The number of anilines is 1. The zero-order valence-electron chi connectivity index (χ0n) is 9.47. The first kappa shape index (κ1) is 13.6. The predicted molar refractivity (Wildman–Crippen MR) is 71.9 cm³/mol. The van der Waals surface area contributed by atoms with Crippen LogP contribution in [0.5, 0.6) is 0 Å². The molecule has 0 aliphatic rings. The summed E-state index contributed by atoms with van der Waals surface area (Å²) in [5.74, 6) is 5.43. The number of benzene rings is 1. The van der Waals surface area contributed by atoms with E-state index in [1.165, 1.54) is 0 Å². The zero-order chi connectivity index (χ0) is 12.0. The summed E-state index contributed by atoms with van der Waals surface area (Å²) in [6.07, 6.45) is 3.53. The third-order valence-electron chi connectivity index (χ3n) is 2.52. The van der Waals surface area contributed by atoms with Gasteiger partial charge < -0.3 is 5.43 Å². The Morgan fingerprint density at radius 2 is 2.00 bits per heavy atom. The maximum atomic E-state index is 6.28. The van der Waals surface area contributed by atoms with Crippen molar-refractivity contribution in [1.82, 2.24) is 0 Å². The van der Waals surface area contributed by atoms with Crippen molar-refractivity contribution in [3.8, 4) is 0 Å². The lowest BCUT2D eigenvalue weighted by molar-refractivity contribution is 0.632. The lowest BCUT2D eigenvalue weighted by Crippen LogP contribution is -2.18. The summed E-state index contributed by atoms with van der Waals surface area (Å²) in [5.41, 5.74) is 4.58. The fourth-order valence-electron chi connectivity index (χ4n) is 1.62. The van der Waals surface area contributed by atoms with Crippen LogP contribution in [0.25, 0.3) is 0 Å². The summed E-state index contributed by atoms with van der Waals surface area (Å²) in [7, 11) is 0. The van der Waals surface area contributed by atoms with Crippen molar-refractivity contribution in [3.05, 3.63) is 29.8 Å². The number of alkyl halides is 2. The molecule has 0 atom stereocenters. The van der Waals surface area contributed by atoms with E-state index in [2.05, 4.69) is 12.3 Å². The molecule has 0 amide bonds. The van der Waals surface area contributed by atoms with Gasteiger partial charge in [-0.3, -0.25) is 5.84 Å². The highest BCUT2D eigenvalue weighted by atomic mass is 35.5. The van der Waals surface area contributed by atoms with Crippen molar-refractivity contribution in [3.63, 3.8) is 0 Å². The second-order valence-corrected chi connectivity index (χ2v) is 5.58. The van der Waals surface area contributed by atoms with Crippen molar-refractivity contribution in [2.24, 2.45) is 5.84 Å². The van der Waals surface area contributed by atoms with Crippen LogP contribution in [0.3, 0.4) is 0 Å². The van der Waals surface area contributed by atoms with E-state index in [1.54, 1.807) is 0 Å². The van der Waals surface area contributed by atoms with Crippen LogP contribution in [0.1, 0.15) is 31.7 Å². The molecule has 0 saturated heterocycles. The Morgan fingerprint density at radius 1 is 1.31 bits per heavy atom. The molecule has 0 aromatic heterocycles. The molecule has 0 saturated carbocycles. The lowest BCUT2D eigenvalue weighted by atomic mass is 10.0. The summed E-state index contributed by atoms with van der Waals surface area (Å²) in [6, 6.07) is 7.79. The summed E-state index contributed by atoms with van der Waals surface area (Å²) < 4.78 is -0.705. The molecule has 0 aliphatic heterocycles. The monoisotopic (exact) mass is 260 g/mol. The van der Waals surface area contributed by atoms with E-state index >= 15 is 0 Å². The molecule has 2 nitrogen and oxygen atoms in total. The first-order chi connectivity index (χ1) is 7.59. The number of nitrogens with two attached hydrogens (primary N) is 1. The maximum Gasteiger partial charge on any atom is 0.122 e. The van der Waals surface area contributed by atoms with E-state index in [9.17, 15) is 0 Å². The molecule has 16 heavy (non-hydrogen) atoms. The molecule has 0 aliphatic carbocycles. The van der Waals surface area contributed by atoms with Crippen molar-refractivity contribution in [1.29, 1.82) is 0 Å². The first-order valence-corrected chi connectivity index (χ1v) is 6.27. The van der Waals surface area contributed by atoms with Gasteiger partial charge in [0, 0.05) is 6.42 Å². The fourth-order valence-corrected chi connectivity index (χ4v) is 2.17. The van der Waals surface area contributed by atoms with E-state index in [1.807, 2.05) is 24.3 Å². The molecule has 4 heteroatoms. The maximum absolute atomic E-state index is 6.28. The third kappa shape index (κ3) is 4.20. The zero-order valence-corrected chi connectivity index (χ0v) is 11.0. The average Bonchev–Trinajstić information content (AvgIpc) is 2.27. The number of rotatable bonds is 6. The molecule has 1 aromatic carbocycles. The van der Waals surface area contributed by atoms with Gasteiger partial charge in [-0.05, 0) is 18.1 Å². The van der Waals surface area contributed by atoms with Crippen LogP contribution in [-0.2, 0) is 6.42 Å². The lowest BCUT2D eigenvalue weighted by Gasteiger charge is -2.20. The van der Waals surface area contributed by atoms with Gasteiger partial charge in [0.2, 0.25) is 0 Å². The molecule has 1 aromatic rings. The molecule has 0 bridgehead atoms. The van der Waals surface area contributed by atoms with Gasteiger partial charge in [0.1, 0.15) is 4.33 Å². The van der Waals surface area contributed by atoms with Crippen LogP contribution >= 0.6 is 23.2 Å². The standard InChI is InChI=1S/C12H18Cl2N2/c1-2-3-8-12(13,14)9-10-6-4-5-7-11(10)16-15/h4-7,16H,2-3,8-9,15H2,1H3. The molecular formula is C12H18Cl2N2. The predicted octanol–water partition coefficient (Wildman–Crippen LogP) is 3.88. The number of para-hydroxylation sites is 1. The van der Waals surface area contributed by atoms with E-state index in [0.29, 0.717) is 6.42 Å². The minimum Gasteiger partial charge on any atom is -0.324 e. The normalized spacial score (nSPS) is 11.5. The second kappa shape index (κ2) is 6.33. The third-order valence-corrected chi connectivity index (χ3v) is 3.16. The molecule has 0 spiro atoms. The molecule has 3 N–H and O–H groups in total. The van der Waals surface area contributed by atoms with Crippen LogP contribution in [0, 0.1) is 0 Å². The number of halogens is 2. The Hall–Kier alpha value is -0.440. The van der Waals surface area contributed by atoms with Crippen LogP contribution in [0.15, 0.2) is 24.3 Å². The second-order valence-electron chi connectivity index (χ2n) is 3.94. The topological polar surface area (TPSA) is 38.0 Å². The highest BCUT2D eigenvalue weighted by Crippen LogP contribution is 2.33. The van der Waals surface area contributed by atoms with E-state index in [0.717, 1.165) is 30.5 Å². The Kier molecular flexibility index (Phi) is 5.39. The first-order valence-electron chi connectivity index (χ1n) is 5.51. The van der Waals surface area contributed by atoms with Crippen molar-refractivity contribution < 1.29 is 0 Å². The quantitative estimate of drug-likeness (QED) is 0.463. The number of nitrogens with one attached hydrogen (secondary N) is 1. The molecule has 0 fully saturated rings. The summed E-state index contributed by atoms with van der Waals surface area (Å²) in [5, 5.41) is 0. The van der Waals surface area contributed by atoms with E-state index in [4.69, 9.17) is 29.0 Å². The van der Waals surface area contributed by atoms with Gasteiger partial charge in [-0.25, -0.2) is 0 Å². The summed E-state index contributed by atoms with van der Waals surface area (Å²) in [6.45, 7) is 2.12. The summed E-state index contributed by atoms with van der Waals surface area (Å²) >= 11 is 12.6. The van der Waals surface area contributed by atoms with Gasteiger partial charge in [-0.15, -0.1) is 23.2 Å². The van der Waals surface area contributed by atoms with Gasteiger partial charge in [-0.2, -0.15) is 0 Å². The molecular weight excluding hydrogens is 243 g/mol. The SMILES string of the molecule is CCCCC(Cl)(Cl)Cc1ccccc1NN. The Balaban J connectivity index is 2.71. The summed E-state index contributed by atoms with van der Waals surface area (Å²) in [4.78, 5) is 0. The highest BCUT2D eigenvalue weighted by molar-refractivity contribution is 6.48. The van der Waals surface area contributed by atoms with Gasteiger partial charge in [0.25, 0.3) is 0 Å². The number of nitrogen functional groups attached to an aromatic ring is 1. The van der Waals surface area contributed by atoms with Crippen LogP contribution in [0.4, 0.5) is 5.69 Å².